The average molecular weight is 404 g/mol. The van der Waals surface area contributed by atoms with Gasteiger partial charge in [-0.15, -0.1) is 0 Å². The standard InChI is InChI=1S/C20H25N3O4S/c1-5-27-17-8-6-16(7-9-17)21-20(24)23-14(2)12-15-13-18(10-11-19(15)23)28(25,26)22(3)4/h6-11,13-14H,5,12H2,1-4H3,(H,21,24). The maximum absolute atomic E-state index is 12.8. The molecule has 1 N–H and O–H groups in total. The van der Waals surface area contributed by atoms with Gasteiger partial charge in [-0.1, -0.05) is 0 Å². The molecule has 0 spiro atoms. The first kappa shape index (κ1) is 20.2. The molecule has 0 aromatic heterocycles. The zero-order valence-corrected chi connectivity index (χ0v) is 17.3. The van der Waals surface area contributed by atoms with E-state index in [9.17, 15) is 13.2 Å². The Balaban J connectivity index is 1.82. The number of carbonyl (C=O) groups is 1. The zero-order valence-electron chi connectivity index (χ0n) is 16.5. The summed E-state index contributed by atoms with van der Waals surface area (Å²) in [5.41, 5.74) is 2.24. The highest BCUT2D eigenvalue weighted by Crippen LogP contribution is 2.34. The molecule has 1 aliphatic heterocycles. The number of hydrogen-bond donors (Lipinski definition) is 1. The maximum atomic E-state index is 12.8. The van der Waals surface area contributed by atoms with Crippen molar-refractivity contribution in [2.24, 2.45) is 0 Å². The summed E-state index contributed by atoms with van der Waals surface area (Å²) in [6, 6.07) is 11.8. The molecule has 7 nitrogen and oxygen atoms in total. The Morgan fingerprint density at radius 1 is 1.21 bits per heavy atom. The summed E-state index contributed by atoms with van der Waals surface area (Å²) in [6.07, 6.45) is 0.600. The molecule has 1 heterocycles. The number of nitrogens with one attached hydrogen (secondary N) is 1. The fourth-order valence-corrected chi connectivity index (χ4v) is 4.23. The number of fused-ring (bicyclic) bond motifs is 1. The number of rotatable bonds is 5. The highest BCUT2D eigenvalue weighted by Gasteiger charge is 2.32. The molecule has 0 radical (unpaired) electrons. The lowest BCUT2D eigenvalue weighted by molar-refractivity contribution is 0.256. The van der Waals surface area contributed by atoms with Gasteiger partial charge >= 0.3 is 6.03 Å². The van der Waals surface area contributed by atoms with Gasteiger partial charge in [0.05, 0.1) is 11.5 Å². The number of hydrogen-bond acceptors (Lipinski definition) is 4. The summed E-state index contributed by atoms with van der Waals surface area (Å²) < 4.78 is 31.3. The lowest BCUT2D eigenvalue weighted by atomic mass is 10.1. The summed E-state index contributed by atoms with van der Waals surface area (Å²) in [5, 5.41) is 2.89. The number of anilines is 2. The van der Waals surface area contributed by atoms with E-state index in [4.69, 9.17) is 4.74 Å². The Morgan fingerprint density at radius 2 is 1.89 bits per heavy atom. The van der Waals surface area contributed by atoms with E-state index in [2.05, 4.69) is 5.32 Å². The van der Waals surface area contributed by atoms with Gasteiger partial charge in [0.2, 0.25) is 10.0 Å². The van der Waals surface area contributed by atoms with Crippen molar-refractivity contribution in [1.82, 2.24) is 4.31 Å². The molecule has 28 heavy (non-hydrogen) atoms. The minimum atomic E-state index is -3.51. The SMILES string of the molecule is CCOc1ccc(NC(=O)N2c3ccc(S(=O)(=O)N(C)C)cc3CC2C)cc1. The average Bonchev–Trinajstić information content (AvgIpc) is 2.98. The number of urea groups is 1. The minimum Gasteiger partial charge on any atom is -0.494 e. The van der Waals surface area contributed by atoms with Gasteiger partial charge in [0.15, 0.2) is 0 Å². The lowest BCUT2D eigenvalue weighted by Gasteiger charge is -2.23. The first-order valence-electron chi connectivity index (χ1n) is 9.12. The second-order valence-electron chi connectivity index (χ2n) is 6.89. The van der Waals surface area contributed by atoms with Crippen LogP contribution in [0.2, 0.25) is 0 Å². The third-order valence-corrected chi connectivity index (χ3v) is 6.49. The Labute approximate surface area is 166 Å². The van der Waals surface area contributed by atoms with Crippen molar-refractivity contribution >= 4 is 27.4 Å². The second kappa shape index (κ2) is 7.81. The molecule has 0 saturated carbocycles. The normalized spacial score (nSPS) is 16.2. The summed E-state index contributed by atoms with van der Waals surface area (Å²) in [5.74, 6) is 0.745. The van der Waals surface area contributed by atoms with Crippen LogP contribution in [0.4, 0.5) is 16.2 Å². The maximum Gasteiger partial charge on any atom is 0.326 e. The molecule has 150 valence electrons. The summed E-state index contributed by atoms with van der Waals surface area (Å²) in [7, 11) is -0.505. The van der Waals surface area contributed by atoms with Gasteiger partial charge in [-0.05, 0) is 68.3 Å². The van der Waals surface area contributed by atoms with Crippen LogP contribution in [0.3, 0.4) is 0 Å². The van der Waals surface area contributed by atoms with Gasteiger partial charge in [0, 0.05) is 31.5 Å². The monoisotopic (exact) mass is 403 g/mol. The van der Waals surface area contributed by atoms with Crippen LogP contribution in [0.1, 0.15) is 19.4 Å². The van der Waals surface area contributed by atoms with Crippen LogP contribution < -0.4 is 15.0 Å². The van der Waals surface area contributed by atoms with E-state index in [0.717, 1.165) is 17.0 Å². The number of benzene rings is 2. The van der Waals surface area contributed by atoms with E-state index < -0.39 is 10.0 Å². The van der Waals surface area contributed by atoms with Gasteiger partial charge < -0.3 is 10.1 Å². The fraction of sp³-hybridized carbons (Fsp3) is 0.350. The lowest BCUT2D eigenvalue weighted by Crippen LogP contribution is -2.39. The summed E-state index contributed by atoms with van der Waals surface area (Å²) in [4.78, 5) is 14.7. The molecule has 3 rings (SSSR count). The van der Waals surface area contributed by atoms with Crippen LogP contribution in [0.15, 0.2) is 47.4 Å². The van der Waals surface area contributed by atoms with E-state index in [1.54, 1.807) is 47.4 Å². The molecule has 0 fully saturated rings. The van der Waals surface area contributed by atoms with Gasteiger partial charge in [0.1, 0.15) is 5.75 Å². The zero-order chi connectivity index (χ0) is 20.5. The first-order valence-corrected chi connectivity index (χ1v) is 10.6. The Kier molecular flexibility index (Phi) is 5.62. The Hall–Kier alpha value is -2.58. The van der Waals surface area contributed by atoms with E-state index >= 15 is 0 Å². The Morgan fingerprint density at radius 3 is 2.50 bits per heavy atom. The Bertz CT molecular complexity index is 971. The van der Waals surface area contributed by atoms with Crippen LogP contribution >= 0.6 is 0 Å². The molecule has 2 aromatic carbocycles. The second-order valence-corrected chi connectivity index (χ2v) is 9.04. The largest absolute Gasteiger partial charge is 0.494 e. The summed E-state index contributed by atoms with van der Waals surface area (Å²) in [6.45, 7) is 4.44. The van der Waals surface area contributed by atoms with Crippen molar-refractivity contribution < 1.29 is 17.9 Å². The van der Waals surface area contributed by atoms with Crippen LogP contribution in [0, 0.1) is 0 Å². The molecule has 1 atom stereocenters. The van der Waals surface area contributed by atoms with Crippen molar-refractivity contribution in [2.45, 2.75) is 31.2 Å². The van der Waals surface area contributed by atoms with E-state index in [1.165, 1.54) is 18.4 Å². The highest BCUT2D eigenvalue weighted by atomic mass is 32.2. The topological polar surface area (TPSA) is 79.0 Å². The molecule has 8 heteroatoms. The molecular weight excluding hydrogens is 378 g/mol. The molecule has 0 bridgehead atoms. The molecule has 1 unspecified atom stereocenters. The quantitative estimate of drug-likeness (QED) is 0.831. The van der Waals surface area contributed by atoms with Crippen molar-refractivity contribution in [3.8, 4) is 5.75 Å². The van der Waals surface area contributed by atoms with Gasteiger partial charge in [-0.2, -0.15) is 0 Å². The van der Waals surface area contributed by atoms with Crippen LogP contribution in [0.25, 0.3) is 0 Å². The van der Waals surface area contributed by atoms with Gasteiger partial charge in [0.25, 0.3) is 0 Å². The number of sulfonamides is 1. The summed E-state index contributed by atoms with van der Waals surface area (Å²) >= 11 is 0. The first-order chi connectivity index (χ1) is 13.2. The van der Waals surface area contributed by atoms with Crippen molar-refractivity contribution in [1.29, 1.82) is 0 Å². The van der Waals surface area contributed by atoms with Crippen LogP contribution in [-0.4, -0.2) is 45.5 Å². The minimum absolute atomic E-state index is 0.0741. The van der Waals surface area contributed by atoms with Gasteiger partial charge in [-0.3, -0.25) is 4.90 Å². The smallest absolute Gasteiger partial charge is 0.326 e. The third kappa shape index (κ3) is 3.83. The predicted molar refractivity (Wildman–Crippen MR) is 110 cm³/mol. The number of ether oxygens (including phenoxy) is 1. The molecule has 1 aliphatic rings. The van der Waals surface area contributed by atoms with E-state index in [1.807, 2.05) is 13.8 Å². The molecular formula is C20H25N3O4S. The van der Waals surface area contributed by atoms with Crippen molar-refractivity contribution in [3.05, 3.63) is 48.0 Å². The van der Waals surface area contributed by atoms with Crippen LogP contribution in [0.5, 0.6) is 5.75 Å². The fourth-order valence-electron chi connectivity index (χ4n) is 3.27. The number of nitrogens with zero attached hydrogens (tertiary/aromatic N) is 2. The molecule has 0 saturated heterocycles. The highest BCUT2D eigenvalue weighted by molar-refractivity contribution is 7.89. The van der Waals surface area contributed by atoms with E-state index in [0.29, 0.717) is 18.7 Å². The third-order valence-electron chi connectivity index (χ3n) is 4.68. The van der Waals surface area contributed by atoms with Gasteiger partial charge in [-0.25, -0.2) is 17.5 Å². The van der Waals surface area contributed by atoms with Crippen molar-refractivity contribution in [3.63, 3.8) is 0 Å². The van der Waals surface area contributed by atoms with Crippen LogP contribution in [-0.2, 0) is 16.4 Å². The number of amides is 2. The molecule has 2 aromatic rings. The molecule has 0 aliphatic carbocycles. The molecule has 2 amide bonds. The number of carbonyl (C=O) groups excluding carboxylic acids is 1. The van der Waals surface area contributed by atoms with Crippen molar-refractivity contribution in [2.75, 3.05) is 30.9 Å². The predicted octanol–water partition coefficient (Wildman–Crippen LogP) is 3.32. The van der Waals surface area contributed by atoms with E-state index in [-0.39, 0.29) is 17.0 Å².